The maximum Gasteiger partial charge on any atom is 0.0404 e. The third kappa shape index (κ3) is 2.32. The highest BCUT2D eigenvalue weighted by Crippen LogP contribution is 2.43. The van der Waals surface area contributed by atoms with E-state index in [9.17, 15) is 0 Å². The number of nitrogens with zero attached hydrogens (tertiary/aromatic N) is 2. The van der Waals surface area contributed by atoms with Gasteiger partial charge in [-0.1, -0.05) is 13.8 Å². The highest BCUT2D eigenvalue weighted by molar-refractivity contribution is 5.67. The number of anilines is 2. The molecule has 0 spiro atoms. The van der Waals surface area contributed by atoms with E-state index in [0.717, 1.165) is 44.7 Å². The zero-order valence-electron chi connectivity index (χ0n) is 12.4. The van der Waals surface area contributed by atoms with E-state index < -0.39 is 0 Å². The molecule has 19 heavy (non-hydrogen) atoms. The number of rotatable bonds is 1. The lowest BCUT2D eigenvalue weighted by Crippen LogP contribution is -2.44. The van der Waals surface area contributed by atoms with Crippen LogP contribution in [0.2, 0.25) is 0 Å². The van der Waals surface area contributed by atoms with Crippen LogP contribution in [0.4, 0.5) is 11.4 Å². The summed E-state index contributed by atoms with van der Waals surface area (Å²) in [6.07, 6.45) is 2.28. The SMILES string of the molecule is CN1CCN(c2ccc(N)c3c2CC(C)(C)C3)CC1. The number of nitrogens with two attached hydrogens (primary N) is 1. The van der Waals surface area contributed by atoms with Crippen LogP contribution in [0.25, 0.3) is 0 Å². The normalized spacial score (nSPS) is 22.6. The van der Waals surface area contributed by atoms with E-state index in [-0.39, 0.29) is 0 Å². The van der Waals surface area contributed by atoms with Gasteiger partial charge in [0.25, 0.3) is 0 Å². The van der Waals surface area contributed by atoms with Crippen LogP contribution in [0.15, 0.2) is 12.1 Å². The molecule has 1 aromatic carbocycles. The fourth-order valence-electron chi connectivity index (χ4n) is 3.47. The van der Waals surface area contributed by atoms with Crippen LogP contribution in [-0.4, -0.2) is 38.1 Å². The molecule has 3 rings (SSSR count). The van der Waals surface area contributed by atoms with Gasteiger partial charge >= 0.3 is 0 Å². The summed E-state index contributed by atoms with van der Waals surface area (Å²) >= 11 is 0. The number of fused-ring (bicyclic) bond motifs is 1. The summed E-state index contributed by atoms with van der Waals surface area (Å²) in [7, 11) is 2.20. The maximum absolute atomic E-state index is 6.19. The molecule has 0 bridgehead atoms. The van der Waals surface area contributed by atoms with Crippen molar-refractivity contribution in [2.75, 3.05) is 43.9 Å². The van der Waals surface area contributed by atoms with Gasteiger partial charge in [-0.3, -0.25) is 0 Å². The van der Waals surface area contributed by atoms with Crippen molar-refractivity contribution in [2.45, 2.75) is 26.7 Å². The van der Waals surface area contributed by atoms with Gasteiger partial charge in [-0.25, -0.2) is 0 Å². The molecule has 0 aromatic heterocycles. The number of piperazine rings is 1. The number of benzene rings is 1. The van der Waals surface area contributed by atoms with Crippen LogP contribution in [-0.2, 0) is 12.8 Å². The molecule has 0 radical (unpaired) electrons. The van der Waals surface area contributed by atoms with Crippen molar-refractivity contribution in [2.24, 2.45) is 5.41 Å². The fraction of sp³-hybridized carbons (Fsp3) is 0.625. The summed E-state index contributed by atoms with van der Waals surface area (Å²) < 4.78 is 0. The van der Waals surface area contributed by atoms with Gasteiger partial charge in [-0.2, -0.15) is 0 Å². The zero-order chi connectivity index (χ0) is 13.6. The number of nitrogen functional groups attached to an aromatic ring is 1. The Kier molecular flexibility index (Phi) is 2.97. The molecule has 1 fully saturated rings. The van der Waals surface area contributed by atoms with Crippen molar-refractivity contribution in [1.29, 1.82) is 0 Å². The van der Waals surface area contributed by atoms with Gasteiger partial charge < -0.3 is 15.5 Å². The Morgan fingerprint density at radius 1 is 1.00 bits per heavy atom. The molecular weight excluding hydrogens is 234 g/mol. The molecule has 3 heteroatoms. The largest absolute Gasteiger partial charge is 0.398 e. The first-order valence-corrected chi connectivity index (χ1v) is 7.30. The average molecular weight is 259 g/mol. The third-order valence-corrected chi connectivity index (χ3v) is 4.60. The minimum atomic E-state index is 0.360. The van der Waals surface area contributed by atoms with Gasteiger partial charge in [0.15, 0.2) is 0 Å². The highest BCUT2D eigenvalue weighted by Gasteiger charge is 2.33. The molecule has 0 saturated carbocycles. The lowest BCUT2D eigenvalue weighted by molar-refractivity contribution is 0.312. The molecule has 0 unspecified atom stereocenters. The van der Waals surface area contributed by atoms with Crippen LogP contribution in [0.1, 0.15) is 25.0 Å². The Bertz CT molecular complexity index is 485. The summed E-state index contributed by atoms with van der Waals surface area (Å²) in [6.45, 7) is 9.27. The lowest BCUT2D eigenvalue weighted by atomic mass is 9.90. The first-order valence-electron chi connectivity index (χ1n) is 7.30. The van der Waals surface area contributed by atoms with Crippen LogP contribution in [0, 0.1) is 5.41 Å². The van der Waals surface area contributed by atoms with Crippen LogP contribution in [0.5, 0.6) is 0 Å². The van der Waals surface area contributed by atoms with Gasteiger partial charge in [0, 0.05) is 37.6 Å². The third-order valence-electron chi connectivity index (χ3n) is 4.60. The fourth-order valence-corrected chi connectivity index (χ4v) is 3.47. The zero-order valence-corrected chi connectivity index (χ0v) is 12.4. The second-order valence-electron chi connectivity index (χ2n) is 6.94. The first-order chi connectivity index (χ1) is 8.96. The Labute approximate surface area is 116 Å². The van der Waals surface area contributed by atoms with Crippen LogP contribution >= 0.6 is 0 Å². The Balaban J connectivity index is 1.94. The maximum atomic E-state index is 6.19. The van der Waals surface area contributed by atoms with E-state index in [1.54, 1.807) is 0 Å². The van der Waals surface area contributed by atoms with Crippen molar-refractivity contribution in [3.63, 3.8) is 0 Å². The van der Waals surface area contributed by atoms with Crippen molar-refractivity contribution in [1.82, 2.24) is 4.90 Å². The molecule has 0 amide bonds. The van der Waals surface area contributed by atoms with E-state index in [0.29, 0.717) is 5.41 Å². The van der Waals surface area contributed by atoms with Crippen molar-refractivity contribution in [3.8, 4) is 0 Å². The van der Waals surface area contributed by atoms with E-state index in [2.05, 4.69) is 42.8 Å². The quantitative estimate of drug-likeness (QED) is 0.784. The molecule has 2 N–H and O–H groups in total. The van der Waals surface area contributed by atoms with Crippen molar-refractivity contribution in [3.05, 3.63) is 23.3 Å². The van der Waals surface area contributed by atoms with Gasteiger partial charge in [0.2, 0.25) is 0 Å². The molecule has 104 valence electrons. The summed E-state index contributed by atoms with van der Waals surface area (Å²) in [4.78, 5) is 4.94. The van der Waals surface area contributed by atoms with E-state index in [1.165, 1.54) is 16.8 Å². The summed E-state index contributed by atoms with van der Waals surface area (Å²) in [5.41, 5.74) is 11.9. The predicted molar refractivity (Wildman–Crippen MR) is 81.8 cm³/mol. The van der Waals surface area contributed by atoms with Gasteiger partial charge in [-0.05, 0) is 48.6 Å². The molecule has 1 saturated heterocycles. The van der Waals surface area contributed by atoms with Crippen LogP contribution < -0.4 is 10.6 Å². The summed E-state index contributed by atoms with van der Waals surface area (Å²) in [6, 6.07) is 4.34. The summed E-state index contributed by atoms with van der Waals surface area (Å²) in [5.74, 6) is 0. The molecule has 0 atom stereocenters. The van der Waals surface area contributed by atoms with Crippen LogP contribution in [0.3, 0.4) is 0 Å². The lowest BCUT2D eigenvalue weighted by Gasteiger charge is -2.35. The van der Waals surface area contributed by atoms with Gasteiger partial charge in [-0.15, -0.1) is 0 Å². The molecule has 2 aliphatic rings. The Morgan fingerprint density at radius 3 is 2.32 bits per heavy atom. The van der Waals surface area contributed by atoms with E-state index >= 15 is 0 Å². The number of hydrogen-bond donors (Lipinski definition) is 1. The Hall–Kier alpha value is -1.22. The minimum Gasteiger partial charge on any atom is -0.398 e. The minimum absolute atomic E-state index is 0.360. The molecule has 1 aromatic rings. The van der Waals surface area contributed by atoms with Crippen molar-refractivity contribution >= 4 is 11.4 Å². The number of likely N-dealkylation sites (N-methyl/N-ethyl adjacent to an activating group) is 1. The molecule has 1 aliphatic heterocycles. The van der Waals surface area contributed by atoms with E-state index in [4.69, 9.17) is 5.73 Å². The second kappa shape index (κ2) is 4.41. The molecule has 1 aliphatic carbocycles. The molecule has 3 nitrogen and oxygen atoms in total. The van der Waals surface area contributed by atoms with E-state index in [1.807, 2.05) is 0 Å². The number of hydrogen-bond acceptors (Lipinski definition) is 3. The Morgan fingerprint density at radius 2 is 1.63 bits per heavy atom. The topological polar surface area (TPSA) is 32.5 Å². The highest BCUT2D eigenvalue weighted by atomic mass is 15.2. The first kappa shape index (κ1) is 12.8. The monoisotopic (exact) mass is 259 g/mol. The molecule has 1 heterocycles. The smallest absolute Gasteiger partial charge is 0.0404 e. The van der Waals surface area contributed by atoms with Gasteiger partial charge in [0.05, 0.1) is 0 Å². The average Bonchev–Trinajstić information content (AvgIpc) is 2.68. The van der Waals surface area contributed by atoms with Gasteiger partial charge in [0.1, 0.15) is 0 Å². The molecular formula is C16H25N3. The summed E-state index contributed by atoms with van der Waals surface area (Å²) in [5, 5.41) is 0. The second-order valence-corrected chi connectivity index (χ2v) is 6.94. The van der Waals surface area contributed by atoms with Crippen molar-refractivity contribution < 1.29 is 0 Å². The predicted octanol–water partition coefficient (Wildman–Crippen LogP) is 2.15. The standard InChI is InChI=1S/C16H25N3/c1-16(2)10-12-13(11-16)15(5-4-14(12)17)19-8-6-18(3)7-9-19/h4-5H,6-11,17H2,1-3H3.